The lowest BCUT2D eigenvalue weighted by molar-refractivity contribution is 0.100. The van der Waals surface area contributed by atoms with Crippen LogP contribution < -0.4 is 0 Å². The molecule has 0 aliphatic carbocycles. The summed E-state index contributed by atoms with van der Waals surface area (Å²) in [6.07, 6.45) is 0.485. The van der Waals surface area contributed by atoms with E-state index in [0.29, 0.717) is 11.8 Å². The molecule has 0 N–H and O–H groups in total. The fraction of sp³-hybridized carbons (Fsp3) is 0.200. The van der Waals surface area contributed by atoms with Gasteiger partial charge in [-0.15, -0.1) is 0 Å². The molecule has 0 atom stereocenters. The molecule has 0 aromatic heterocycles. The lowest BCUT2D eigenvalue weighted by atomic mass is 10.0. The Morgan fingerprint density at radius 3 is 2.54 bits per heavy atom. The van der Waals surface area contributed by atoms with Gasteiger partial charge in [-0.05, 0) is 31.5 Å². The topological polar surface area (TPSA) is 34.1 Å². The number of aldehydes is 1. The minimum Gasteiger partial charge on any atom is -0.298 e. The van der Waals surface area contributed by atoms with E-state index in [2.05, 4.69) is 0 Å². The Morgan fingerprint density at radius 1 is 1.46 bits per heavy atom. The van der Waals surface area contributed by atoms with Crippen LogP contribution in [0.2, 0.25) is 0 Å². The fourth-order valence-electron chi connectivity index (χ4n) is 1.10. The summed E-state index contributed by atoms with van der Waals surface area (Å²) >= 11 is 0. The van der Waals surface area contributed by atoms with Crippen molar-refractivity contribution in [2.75, 3.05) is 0 Å². The van der Waals surface area contributed by atoms with Gasteiger partial charge >= 0.3 is 0 Å². The molecule has 0 bridgehead atoms. The molecule has 0 radical (unpaired) electrons. The first kappa shape index (κ1) is 9.58. The Morgan fingerprint density at radius 2 is 2.08 bits per heavy atom. The van der Waals surface area contributed by atoms with E-state index in [4.69, 9.17) is 0 Å². The first-order chi connectivity index (χ1) is 6.06. The zero-order valence-corrected chi connectivity index (χ0v) is 7.43. The highest BCUT2D eigenvalue weighted by Crippen LogP contribution is 2.14. The predicted octanol–water partition coefficient (Wildman–Crippen LogP) is 2.15. The molecule has 0 aliphatic rings. The number of halogens is 1. The summed E-state index contributed by atoms with van der Waals surface area (Å²) in [7, 11) is 0. The van der Waals surface area contributed by atoms with Gasteiger partial charge in [0.15, 0.2) is 12.1 Å². The Bertz CT molecular complexity index is 369. The van der Waals surface area contributed by atoms with Gasteiger partial charge in [0.25, 0.3) is 0 Å². The van der Waals surface area contributed by atoms with Crippen LogP contribution in [0, 0.1) is 12.7 Å². The van der Waals surface area contributed by atoms with Gasteiger partial charge in [0.2, 0.25) is 0 Å². The molecule has 13 heavy (non-hydrogen) atoms. The Labute approximate surface area is 75.4 Å². The molecule has 0 spiro atoms. The van der Waals surface area contributed by atoms with Crippen molar-refractivity contribution in [3.8, 4) is 0 Å². The van der Waals surface area contributed by atoms with E-state index in [1.54, 1.807) is 6.92 Å². The molecule has 0 amide bonds. The van der Waals surface area contributed by atoms with Gasteiger partial charge in [0, 0.05) is 11.1 Å². The van der Waals surface area contributed by atoms with Crippen molar-refractivity contribution >= 4 is 12.1 Å². The smallest absolute Gasteiger partial charge is 0.160 e. The van der Waals surface area contributed by atoms with Gasteiger partial charge in [-0.2, -0.15) is 0 Å². The molecule has 3 heteroatoms. The van der Waals surface area contributed by atoms with Gasteiger partial charge in [-0.25, -0.2) is 4.39 Å². The minimum absolute atomic E-state index is 0.107. The molecular weight excluding hydrogens is 171 g/mol. The van der Waals surface area contributed by atoms with Crippen LogP contribution in [0.4, 0.5) is 4.39 Å². The molecule has 2 nitrogen and oxygen atoms in total. The third-order valence-corrected chi connectivity index (χ3v) is 1.84. The summed E-state index contributed by atoms with van der Waals surface area (Å²) < 4.78 is 12.9. The Hall–Kier alpha value is -1.51. The molecule has 0 saturated heterocycles. The molecule has 1 aromatic rings. The van der Waals surface area contributed by atoms with Gasteiger partial charge < -0.3 is 0 Å². The number of carbonyl (C=O) groups excluding carboxylic acids is 2. The lowest BCUT2D eigenvalue weighted by Crippen LogP contribution is -2.01. The summed E-state index contributed by atoms with van der Waals surface area (Å²) in [5.74, 6) is -0.697. The molecule has 0 heterocycles. The second-order valence-corrected chi connectivity index (χ2v) is 2.86. The summed E-state index contributed by atoms with van der Waals surface area (Å²) in [6.45, 7) is 2.90. The number of Topliss-reactive ketones (excluding diaryl/α,β-unsaturated/α-hetero) is 1. The third-order valence-electron chi connectivity index (χ3n) is 1.84. The van der Waals surface area contributed by atoms with E-state index in [-0.39, 0.29) is 16.9 Å². The number of ketones is 1. The normalized spacial score (nSPS) is 9.77. The Balaban J connectivity index is 3.41. The van der Waals surface area contributed by atoms with Crippen LogP contribution in [0.15, 0.2) is 12.1 Å². The van der Waals surface area contributed by atoms with Gasteiger partial charge in [0.05, 0.1) is 0 Å². The SMILES string of the molecule is CC(=O)c1cc(C)c(F)cc1C=O. The van der Waals surface area contributed by atoms with Crippen molar-refractivity contribution in [1.82, 2.24) is 0 Å². The van der Waals surface area contributed by atoms with Gasteiger partial charge in [0.1, 0.15) is 5.82 Å². The highest BCUT2D eigenvalue weighted by atomic mass is 19.1. The maximum atomic E-state index is 12.9. The maximum Gasteiger partial charge on any atom is 0.160 e. The molecule has 1 aromatic carbocycles. The van der Waals surface area contributed by atoms with Crippen molar-refractivity contribution in [1.29, 1.82) is 0 Å². The van der Waals surface area contributed by atoms with Gasteiger partial charge in [-0.1, -0.05) is 0 Å². The van der Waals surface area contributed by atoms with Crippen LogP contribution in [0.5, 0.6) is 0 Å². The zero-order chi connectivity index (χ0) is 10.0. The molecule has 0 fully saturated rings. The highest BCUT2D eigenvalue weighted by molar-refractivity contribution is 6.01. The molecule has 0 saturated carbocycles. The van der Waals surface area contributed by atoms with Crippen LogP contribution in [-0.2, 0) is 0 Å². The van der Waals surface area contributed by atoms with Crippen LogP contribution >= 0.6 is 0 Å². The Kier molecular flexibility index (Phi) is 2.56. The number of rotatable bonds is 2. The highest BCUT2D eigenvalue weighted by Gasteiger charge is 2.09. The average molecular weight is 180 g/mol. The standard InChI is InChI=1S/C10H9FO2/c1-6-3-9(7(2)13)8(5-12)4-10(6)11/h3-5H,1-2H3. The maximum absolute atomic E-state index is 12.9. The van der Waals surface area contributed by atoms with E-state index in [1.807, 2.05) is 0 Å². The van der Waals surface area contributed by atoms with Crippen molar-refractivity contribution in [3.05, 3.63) is 34.6 Å². The number of hydrogen-bond acceptors (Lipinski definition) is 2. The molecule has 0 unspecified atom stereocenters. The van der Waals surface area contributed by atoms with Crippen molar-refractivity contribution in [2.45, 2.75) is 13.8 Å². The predicted molar refractivity (Wildman–Crippen MR) is 46.5 cm³/mol. The van der Waals surface area contributed by atoms with Crippen molar-refractivity contribution < 1.29 is 14.0 Å². The first-order valence-corrected chi connectivity index (χ1v) is 3.82. The fourth-order valence-corrected chi connectivity index (χ4v) is 1.10. The number of hydrogen-bond donors (Lipinski definition) is 0. The quantitative estimate of drug-likeness (QED) is 0.516. The van der Waals surface area contributed by atoms with Crippen molar-refractivity contribution in [3.63, 3.8) is 0 Å². The molecular formula is C10H9FO2. The number of carbonyl (C=O) groups is 2. The summed E-state index contributed by atoms with van der Waals surface area (Å²) in [4.78, 5) is 21.5. The van der Waals surface area contributed by atoms with Gasteiger partial charge in [-0.3, -0.25) is 9.59 Å². The van der Waals surface area contributed by atoms with E-state index < -0.39 is 5.82 Å². The molecule has 0 aliphatic heterocycles. The second kappa shape index (κ2) is 3.47. The van der Waals surface area contributed by atoms with Crippen LogP contribution in [0.1, 0.15) is 33.2 Å². The lowest BCUT2D eigenvalue weighted by Gasteiger charge is -2.02. The summed E-state index contributed by atoms with van der Waals surface area (Å²) in [5.41, 5.74) is 0.750. The monoisotopic (exact) mass is 180 g/mol. The average Bonchev–Trinajstić information content (AvgIpc) is 2.08. The number of aryl methyl sites for hydroxylation is 1. The number of benzene rings is 1. The molecule has 68 valence electrons. The van der Waals surface area contributed by atoms with E-state index >= 15 is 0 Å². The first-order valence-electron chi connectivity index (χ1n) is 3.82. The zero-order valence-electron chi connectivity index (χ0n) is 7.43. The van der Waals surface area contributed by atoms with Crippen LogP contribution in [-0.4, -0.2) is 12.1 Å². The van der Waals surface area contributed by atoms with E-state index in [1.165, 1.54) is 13.0 Å². The van der Waals surface area contributed by atoms with E-state index in [0.717, 1.165) is 6.07 Å². The largest absolute Gasteiger partial charge is 0.298 e. The second-order valence-electron chi connectivity index (χ2n) is 2.86. The third kappa shape index (κ3) is 1.80. The van der Waals surface area contributed by atoms with Crippen LogP contribution in [0.3, 0.4) is 0 Å². The summed E-state index contributed by atoms with van der Waals surface area (Å²) in [6, 6.07) is 2.47. The summed E-state index contributed by atoms with van der Waals surface area (Å²) in [5, 5.41) is 0. The van der Waals surface area contributed by atoms with Crippen molar-refractivity contribution in [2.24, 2.45) is 0 Å². The van der Waals surface area contributed by atoms with E-state index in [9.17, 15) is 14.0 Å². The van der Waals surface area contributed by atoms with Crippen LogP contribution in [0.25, 0.3) is 0 Å². The minimum atomic E-state index is -0.466. The molecule has 1 rings (SSSR count).